The molecule has 0 aliphatic rings. The van der Waals surface area contributed by atoms with E-state index >= 15 is 0 Å². The van der Waals surface area contributed by atoms with Gasteiger partial charge in [-0.15, -0.1) is 10.2 Å². The second-order valence-electron chi connectivity index (χ2n) is 4.85. The van der Waals surface area contributed by atoms with Gasteiger partial charge in [0.1, 0.15) is 18.2 Å². The fraction of sp³-hybridized carbons (Fsp3) is 0.429. The molecule has 1 aromatic carbocycles. The fourth-order valence-corrected chi connectivity index (χ4v) is 2.20. The van der Waals surface area contributed by atoms with E-state index in [0.717, 1.165) is 21.9 Å². The Morgan fingerprint density at radius 2 is 2.05 bits per heavy atom. The van der Waals surface area contributed by atoms with Crippen molar-refractivity contribution in [1.82, 2.24) is 14.8 Å². The first-order valence-corrected chi connectivity index (χ1v) is 7.05. The van der Waals surface area contributed by atoms with Crippen molar-refractivity contribution in [2.45, 2.75) is 33.3 Å². The topological polar surface area (TPSA) is 39.9 Å². The Bertz CT molecular complexity index is 578. The molecule has 0 aliphatic carbocycles. The smallest absolute Gasteiger partial charge is 0.170 e. The van der Waals surface area contributed by atoms with Gasteiger partial charge in [0.2, 0.25) is 0 Å². The zero-order valence-corrected chi connectivity index (χ0v) is 13.2. The highest BCUT2D eigenvalue weighted by atomic mass is 79.9. The SMILES string of the molecule is Cc1nnc(COc2ccc(Br)cc2C(C)C)n1C. The van der Waals surface area contributed by atoms with E-state index in [-0.39, 0.29) is 0 Å². The van der Waals surface area contributed by atoms with Crippen LogP contribution in [-0.2, 0) is 13.7 Å². The predicted molar refractivity (Wildman–Crippen MR) is 78.3 cm³/mol. The van der Waals surface area contributed by atoms with Crippen LogP contribution in [0, 0.1) is 6.92 Å². The quantitative estimate of drug-likeness (QED) is 0.863. The van der Waals surface area contributed by atoms with Crippen molar-refractivity contribution in [3.05, 3.63) is 39.9 Å². The van der Waals surface area contributed by atoms with E-state index < -0.39 is 0 Å². The summed E-state index contributed by atoms with van der Waals surface area (Å²) in [6.07, 6.45) is 0. The number of nitrogens with zero attached hydrogens (tertiary/aromatic N) is 3. The first-order valence-electron chi connectivity index (χ1n) is 6.26. The maximum atomic E-state index is 5.89. The van der Waals surface area contributed by atoms with Crippen LogP contribution in [0.5, 0.6) is 5.75 Å². The van der Waals surface area contributed by atoms with E-state index in [1.807, 2.05) is 30.7 Å². The number of hydrogen-bond donors (Lipinski definition) is 0. The third kappa shape index (κ3) is 3.15. The second-order valence-corrected chi connectivity index (χ2v) is 5.76. The van der Waals surface area contributed by atoms with Crippen LogP contribution < -0.4 is 4.74 Å². The molecule has 19 heavy (non-hydrogen) atoms. The first-order chi connectivity index (χ1) is 8.99. The Hall–Kier alpha value is -1.36. The molecule has 2 aromatic rings. The molecule has 0 atom stereocenters. The Morgan fingerprint density at radius 3 is 2.63 bits per heavy atom. The van der Waals surface area contributed by atoms with Crippen molar-refractivity contribution in [2.24, 2.45) is 7.05 Å². The molecule has 1 aromatic heterocycles. The highest BCUT2D eigenvalue weighted by Crippen LogP contribution is 2.29. The number of rotatable bonds is 4. The van der Waals surface area contributed by atoms with Crippen molar-refractivity contribution in [2.75, 3.05) is 0 Å². The highest BCUT2D eigenvalue weighted by molar-refractivity contribution is 9.10. The van der Waals surface area contributed by atoms with Gasteiger partial charge >= 0.3 is 0 Å². The fourth-order valence-electron chi connectivity index (χ4n) is 1.82. The Kier molecular flexibility index (Phi) is 4.24. The maximum absolute atomic E-state index is 5.89. The number of aryl methyl sites for hydroxylation is 1. The summed E-state index contributed by atoms with van der Waals surface area (Å²) < 4.78 is 8.90. The van der Waals surface area contributed by atoms with Gasteiger partial charge in [0.25, 0.3) is 0 Å². The van der Waals surface area contributed by atoms with Crippen LogP contribution in [0.2, 0.25) is 0 Å². The summed E-state index contributed by atoms with van der Waals surface area (Å²) in [4.78, 5) is 0. The van der Waals surface area contributed by atoms with Crippen molar-refractivity contribution in [1.29, 1.82) is 0 Å². The normalized spacial score (nSPS) is 11.1. The van der Waals surface area contributed by atoms with Crippen molar-refractivity contribution in [3.8, 4) is 5.75 Å². The Morgan fingerprint density at radius 1 is 1.32 bits per heavy atom. The summed E-state index contributed by atoms with van der Waals surface area (Å²) in [5.74, 6) is 3.03. The van der Waals surface area contributed by atoms with Gasteiger partial charge in [-0.1, -0.05) is 29.8 Å². The van der Waals surface area contributed by atoms with Gasteiger partial charge < -0.3 is 9.30 Å². The summed E-state index contributed by atoms with van der Waals surface area (Å²) >= 11 is 3.49. The largest absolute Gasteiger partial charge is 0.485 e. The molecule has 0 bridgehead atoms. The van der Waals surface area contributed by atoms with Gasteiger partial charge in [-0.3, -0.25) is 0 Å². The van der Waals surface area contributed by atoms with Gasteiger partial charge in [-0.2, -0.15) is 0 Å². The number of aromatic nitrogens is 3. The standard InChI is InChI=1S/C14H18BrN3O/c1-9(2)12-7-11(15)5-6-13(12)19-8-14-17-16-10(3)18(14)4/h5-7,9H,8H2,1-4H3. The Labute approximate surface area is 121 Å². The molecule has 0 saturated heterocycles. The summed E-state index contributed by atoms with van der Waals surface area (Å²) in [6.45, 7) is 6.66. The molecule has 0 radical (unpaired) electrons. The minimum Gasteiger partial charge on any atom is -0.485 e. The lowest BCUT2D eigenvalue weighted by Gasteiger charge is -2.14. The molecule has 0 spiro atoms. The molecule has 1 heterocycles. The van der Waals surface area contributed by atoms with E-state index in [9.17, 15) is 0 Å². The molecule has 0 amide bonds. The molecule has 0 fully saturated rings. The minimum absolute atomic E-state index is 0.411. The van der Waals surface area contributed by atoms with Gasteiger partial charge in [0, 0.05) is 11.5 Å². The zero-order valence-electron chi connectivity index (χ0n) is 11.6. The number of hydrogen-bond acceptors (Lipinski definition) is 3. The number of ether oxygens (including phenoxy) is 1. The molecule has 0 unspecified atom stereocenters. The average Bonchev–Trinajstić information content (AvgIpc) is 2.68. The molecular weight excluding hydrogens is 306 g/mol. The van der Waals surface area contributed by atoms with Crippen LogP contribution in [0.4, 0.5) is 0 Å². The highest BCUT2D eigenvalue weighted by Gasteiger charge is 2.11. The van der Waals surface area contributed by atoms with Crippen molar-refractivity contribution < 1.29 is 4.74 Å². The van der Waals surface area contributed by atoms with E-state index in [1.165, 1.54) is 5.56 Å². The lowest BCUT2D eigenvalue weighted by Crippen LogP contribution is -2.06. The van der Waals surface area contributed by atoms with Gasteiger partial charge in [-0.25, -0.2) is 0 Å². The summed E-state index contributed by atoms with van der Waals surface area (Å²) in [5, 5.41) is 8.13. The van der Waals surface area contributed by atoms with E-state index in [4.69, 9.17) is 4.74 Å². The summed E-state index contributed by atoms with van der Waals surface area (Å²) in [5.41, 5.74) is 1.19. The van der Waals surface area contributed by atoms with Crippen LogP contribution in [0.1, 0.15) is 37.0 Å². The minimum atomic E-state index is 0.411. The second kappa shape index (κ2) is 5.74. The van der Waals surface area contributed by atoms with Crippen LogP contribution in [-0.4, -0.2) is 14.8 Å². The van der Waals surface area contributed by atoms with Crippen LogP contribution >= 0.6 is 15.9 Å². The summed E-state index contributed by atoms with van der Waals surface area (Å²) in [7, 11) is 1.94. The molecular formula is C14H18BrN3O. The monoisotopic (exact) mass is 323 g/mol. The molecule has 0 saturated carbocycles. The lowest BCUT2D eigenvalue weighted by molar-refractivity contribution is 0.287. The van der Waals surface area contributed by atoms with E-state index in [2.05, 4.69) is 46.0 Å². The van der Waals surface area contributed by atoms with E-state index in [0.29, 0.717) is 12.5 Å². The van der Waals surface area contributed by atoms with E-state index in [1.54, 1.807) is 0 Å². The third-order valence-corrected chi connectivity index (χ3v) is 3.63. The molecule has 5 heteroatoms. The lowest BCUT2D eigenvalue weighted by atomic mass is 10.0. The van der Waals surface area contributed by atoms with Crippen molar-refractivity contribution >= 4 is 15.9 Å². The molecule has 102 valence electrons. The number of halogens is 1. The van der Waals surface area contributed by atoms with Gasteiger partial charge in [0.05, 0.1) is 0 Å². The molecule has 0 N–H and O–H groups in total. The zero-order chi connectivity index (χ0) is 14.0. The third-order valence-electron chi connectivity index (χ3n) is 3.13. The van der Waals surface area contributed by atoms with Crippen LogP contribution in [0.3, 0.4) is 0 Å². The molecule has 0 aliphatic heterocycles. The Balaban J connectivity index is 2.17. The molecule has 2 rings (SSSR count). The average molecular weight is 324 g/mol. The van der Waals surface area contributed by atoms with Crippen LogP contribution in [0.25, 0.3) is 0 Å². The predicted octanol–water partition coefficient (Wildman–Crippen LogP) is 3.59. The maximum Gasteiger partial charge on any atom is 0.170 e. The van der Waals surface area contributed by atoms with Gasteiger partial charge in [-0.05, 0) is 36.6 Å². The van der Waals surface area contributed by atoms with Gasteiger partial charge in [0.15, 0.2) is 5.82 Å². The number of benzene rings is 1. The van der Waals surface area contributed by atoms with Crippen LogP contribution in [0.15, 0.2) is 22.7 Å². The molecule has 4 nitrogen and oxygen atoms in total. The van der Waals surface area contributed by atoms with Crippen molar-refractivity contribution in [3.63, 3.8) is 0 Å². The first kappa shape index (κ1) is 14.1. The summed E-state index contributed by atoms with van der Waals surface area (Å²) in [6, 6.07) is 6.08.